The molecule has 6 heteroatoms. The molecule has 1 fully saturated rings. The predicted octanol–water partition coefficient (Wildman–Crippen LogP) is 3.14. The van der Waals surface area contributed by atoms with Crippen LogP contribution in [0.25, 0.3) is 0 Å². The van der Waals surface area contributed by atoms with Crippen LogP contribution in [0, 0.1) is 11.3 Å². The van der Waals surface area contributed by atoms with Crippen molar-refractivity contribution in [3.05, 3.63) is 16.7 Å². The molecule has 0 atom stereocenters. The molecule has 3 heterocycles. The number of nitriles is 1. The van der Waals surface area contributed by atoms with Crippen LogP contribution in [0.1, 0.15) is 43.9 Å². The standard InChI is InChI=1S/C18H25N3O2S/c1-4-9-24-17-14(11-19)13-10-18(2,3)23-12-15(13)16(20-17)21-5-7-22-8-6-21/h4-10,12H2,1-3H3. The summed E-state index contributed by atoms with van der Waals surface area (Å²) in [5.74, 6) is 1.96. The Morgan fingerprint density at radius 1 is 1.29 bits per heavy atom. The first-order valence-corrected chi connectivity index (χ1v) is 9.59. The number of morpholine rings is 1. The fraction of sp³-hybridized carbons (Fsp3) is 0.667. The van der Waals surface area contributed by atoms with Crippen LogP contribution in [0.2, 0.25) is 0 Å². The van der Waals surface area contributed by atoms with E-state index in [4.69, 9.17) is 14.5 Å². The van der Waals surface area contributed by atoms with Crippen LogP contribution < -0.4 is 4.90 Å². The molecule has 5 nitrogen and oxygen atoms in total. The number of rotatable bonds is 4. The Bertz CT molecular complexity index is 649. The van der Waals surface area contributed by atoms with Crippen molar-refractivity contribution in [2.24, 2.45) is 0 Å². The van der Waals surface area contributed by atoms with Crippen molar-refractivity contribution >= 4 is 17.6 Å². The van der Waals surface area contributed by atoms with Gasteiger partial charge in [0.2, 0.25) is 0 Å². The number of hydrogen-bond donors (Lipinski definition) is 0. The lowest BCUT2D eigenvalue weighted by molar-refractivity contribution is -0.0402. The van der Waals surface area contributed by atoms with Crippen molar-refractivity contribution in [2.45, 2.75) is 50.8 Å². The third-order valence-corrected chi connectivity index (χ3v) is 5.61. The Balaban J connectivity index is 2.09. The van der Waals surface area contributed by atoms with E-state index >= 15 is 0 Å². The van der Waals surface area contributed by atoms with Crippen LogP contribution in [0.4, 0.5) is 5.82 Å². The molecule has 2 aliphatic heterocycles. The van der Waals surface area contributed by atoms with E-state index in [9.17, 15) is 5.26 Å². The Morgan fingerprint density at radius 2 is 2.04 bits per heavy atom. The fourth-order valence-electron chi connectivity index (χ4n) is 3.18. The Hall–Kier alpha value is -1.29. The summed E-state index contributed by atoms with van der Waals surface area (Å²) in [6, 6.07) is 2.42. The molecule has 130 valence electrons. The molecule has 2 aliphatic rings. The minimum Gasteiger partial charge on any atom is -0.378 e. The molecule has 1 aromatic heterocycles. The molecule has 0 amide bonds. The second-order valence-electron chi connectivity index (χ2n) is 6.86. The second-order valence-corrected chi connectivity index (χ2v) is 7.94. The molecular weight excluding hydrogens is 322 g/mol. The van der Waals surface area contributed by atoms with Crippen LogP contribution in [0.15, 0.2) is 5.03 Å². The molecule has 0 unspecified atom stereocenters. The summed E-state index contributed by atoms with van der Waals surface area (Å²) in [5.41, 5.74) is 2.73. The fourth-order valence-corrected chi connectivity index (χ4v) is 4.04. The topological polar surface area (TPSA) is 58.4 Å². The molecule has 1 aromatic rings. The van der Waals surface area contributed by atoms with Gasteiger partial charge in [-0.25, -0.2) is 4.98 Å². The SMILES string of the molecule is CCCSc1nc(N2CCOCC2)c2c(c1C#N)CC(C)(C)OC2. The average Bonchev–Trinajstić information content (AvgIpc) is 2.58. The summed E-state index contributed by atoms with van der Waals surface area (Å²) in [6.07, 6.45) is 1.82. The minimum atomic E-state index is -0.241. The molecule has 0 aromatic carbocycles. The zero-order valence-electron chi connectivity index (χ0n) is 14.7. The zero-order valence-corrected chi connectivity index (χ0v) is 15.5. The molecule has 1 saturated heterocycles. The van der Waals surface area contributed by atoms with Gasteiger partial charge in [0.1, 0.15) is 16.9 Å². The summed E-state index contributed by atoms with van der Waals surface area (Å²) < 4.78 is 11.5. The van der Waals surface area contributed by atoms with Gasteiger partial charge in [0.25, 0.3) is 0 Å². The quantitative estimate of drug-likeness (QED) is 0.780. The first-order valence-electron chi connectivity index (χ1n) is 8.61. The predicted molar refractivity (Wildman–Crippen MR) is 95.6 cm³/mol. The number of nitrogens with zero attached hydrogens (tertiary/aromatic N) is 3. The Kier molecular flexibility index (Phi) is 5.33. The van der Waals surface area contributed by atoms with Gasteiger partial charge in [-0.3, -0.25) is 0 Å². The van der Waals surface area contributed by atoms with Crippen LogP contribution in [-0.4, -0.2) is 42.6 Å². The largest absolute Gasteiger partial charge is 0.378 e. The number of ether oxygens (including phenoxy) is 2. The van der Waals surface area contributed by atoms with Crippen molar-refractivity contribution in [2.75, 3.05) is 37.0 Å². The van der Waals surface area contributed by atoms with Crippen LogP contribution in [-0.2, 0) is 22.5 Å². The number of anilines is 1. The first-order chi connectivity index (χ1) is 11.6. The number of hydrogen-bond acceptors (Lipinski definition) is 6. The molecule has 0 aliphatic carbocycles. The highest BCUT2D eigenvalue weighted by molar-refractivity contribution is 7.99. The molecular formula is C18H25N3O2S. The number of aromatic nitrogens is 1. The summed E-state index contributed by atoms with van der Waals surface area (Å²) in [6.45, 7) is 9.97. The molecule has 0 N–H and O–H groups in total. The van der Waals surface area contributed by atoms with Crippen molar-refractivity contribution in [3.63, 3.8) is 0 Å². The van der Waals surface area contributed by atoms with E-state index in [0.29, 0.717) is 6.61 Å². The third-order valence-electron chi connectivity index (χ3n) is 4.43. The maximum atomic E-state index is 9.77. The van der Waals surface area contributed by atoms with Gasteiger partial charge < -0.3 is 14.4 Å². The van der Waals surface area contributed by atoms with E-state index < -0.39 is 0 Å². The van der Waals surface area contributed by atoms with E-state index in [2.05, 4.69) is 31.7 Å². The van der Waals surface area contributed by atoms with Gasteiger partial charge >= 0.3 is 0 Å². The highest BCUT2D eigenvalue weighted by atomic mass is 32.2. The maximum Gasteiger partial charge on any atom is 0.135 e. The zero-order chi connectivity index (χ0) is 17.2. The van der Waals surface area contributed by atoms with Gasteiger partial charge in [-0.1, -0.05) is 6.92 Å². The normalized spacial score (nSPS) is 19.7. The smallest absolute Gasteiger partial charge is 0.135 e. The lowest BCUT2D eigenvalue weighted by atomic mass is 9.89. The van der Waals surface area contributed by atoms with Crippen LogP contribution in [0.5, 0.6) is 0 Å². The van der Waals surface area contributed by atoms with Crippen molar-refractivity contribution in [3.8, 4) is 6.07 Å². The van der Waals surface area contributed by atoms with E-state index in [1.165, 1.54) is 0 Å². The lowest BCUT2D eigenvalue weighted by Gasteiger charge is -2.36. The van der Waals surface area contributed by atoms with Gasteiger partial charge in [-0.15, -0.1) is 11.8 Å². The van der Waals surface area contributed by atoms with Gasteiger partial charge in [0.15, 0.2) is 0 Å². The molecule has 0 radical (unpaired) electrons. The molecule has 24 heavy (non-hydrogen) atoms. The summed E-state index contributed by atoms with van der Waals surface area (Å²) >= 11 is 1.69. The van der Waals surface area contributed by atoms with Gasteiger partial charge in [0, 0.05) is 25.1 Å². The third kappa shape index (κ3) is 3.53. The van der Waals surface area contributed by atoms with Gasteiger partial charge in [0.05, 0.1) is 31.0 Å². The highest BCUT2D eigenvalue weighted by Gasteiger charge is 2.33. The van der Waals surface area contributed by atoms with E-state index in [-0.39, 0.29) is 5.60 Å². The molecule has 3 rings (SSSR count). The van der Waals surface area contributed by atoms with Crippen molar-refractivity contribution in [1.29, 1.82) is 5.26 Å². The van der Waals surface area contributed by atoms with Crippen LogP contribution >= 0.6 is 11.8 Å². The number of thioether (sulfide) groups is 1. The van der Waals surface area contributed by atoms with E-state index in [0.717, 1.165) is 72.4 Å². The molecule has 0 spiro atoms. The summed E-state index contributed by atoms with van der Waals surface area (Å²) in [5, 5.41) is 10.6. The Labute approximate surface area is 148 Å². The number of fused-ring (bicyclic) bond motifs is 1. The van der Waals surface area contributed by atoms with Gasteiger partial charge in [-0.2, -0.15) is 5.26 Å². The van der Waals surface area contributed by atoms with Crippen molar-refractivity contribution in [1.82, 2.24) is 4.98 Å². The molecule has 0 saturated carbocycles. The van der Waals surface area contributed by atoms with Gasteiger partial charge in [-0.05, 0) is 31.6 Å². The summed E-state index contributed by atoms with van der Waals surface area (Å²) in [7, 11) is 0. The van der Waals surface area contributed by atoms with E-state index in [1.807, 2.05) is 0 Å². The second kappa shape index (κ2) is 7.30. The average molecular weight is 347 g/mol. The Morgan fingerprint density at radius 3 is 2.71 bits per heavy atom. The monoisotopic (exact) mass is 347 g/mol. The van der Waals surface area contributed by atoms with E-state index in [1.54, 1.807) is 11.8 Å². The maximum absolute atomic E-state index is 9.77. The van der Waals surface area contributed by atoms with Crippen molar-refractivity contribution < 1.29 is 9.47 Å². The minimum absolute atomic E-state index is 0.241. The van der Waals surface area contributed by atoms with Crippen LogP contribution in [0.3, 0.4) is 0 Å². The number of pyridine rings is 1. The molecule has 0 bridgehead atoms. The lowest BCUT2D eigenvalue weighted by Crippen LogP contribution is -2.39. The summed E-state index contributed by atoms with van der Waals surface area (Å²) in [4.78, 5) is 7.18. The highest BCUT2D eigenvalue weighted by Crippen LogP contribution is 2.38. The first kappa shape index (κ1) is 17.5.